The summed E-state index contributed by atoms with van der Waals surface area (Å²) in [5.41, 5.74) is 23.0. The molecule has 2 aliphatic carbocycles. The zero-order valence-corrected chi connectivity index (χ0v) is 44.5. The van der Waals surface area contributed by atoms with E-state index in [0.717, 1.165) is 69.7 Å². The van der Waals surface area contributed by atoms with Crippen LogP contribution in [0.5, 0.6) is 0 Å². The van der Waals surface area contributed by atoms with Crippen LogP contribution >= 0.6 is 0 Å². The third kappa shape index (κ3) is 7.99. The highest BCUT2D eigenvalue weighted by molar-refractivity contribution is 6.13. The van der Waals surface area contributed by atoms with Crippen LogP contribution in [0.1, 0.15) is 35.7 Å². The van der Waals surface area contributed by atoms with Crippen LogP contribution in [0.25, 0.3) is 134 Å². The number of nitrogens with zero attached hydrogens (tertiary/aromatic N) is 5. The van der Waals surface area contributed by atoms with Crippen molar-refractivity contribution >= 4 is 66.2 Å². The summed E-state index contributed by atoms with van der Waals surface area (Å²) in [6.07, 6.45) is 14.4. The molecule has 2 aliphatic rings. The predicted octanol–water partition coefficient (Wildman–Crippen LogP) is 19.5. The van der Waals surface area contributed by atoms with Gasteiger partial charge in [0.15, 0.2) is 0 Å². The maximum Gasteiger partial charge on any atom is 0.235 e. The minimum absolute atomic E-state index is 0.00275. The Labute approximate surface area is 470 Å². The van der Waals surface area contributed by atoms with Crippen LogP contribution in [-0.4, -0.2) is 23.7 Å². The van der Waals surface area contributed by atoms with Gasteiger partial charge in [0.25, 0.3) is 0 Å². The molecule has 382 valence electrons. The molecule has 16 rings (SSSR count). The number of allylic oxidation sites excluding steroid dienone is 5. The molecule has 4 aromatic heterocycles. The average Bonchev–Trinajstić information content (AvgIpc) is 3.58. The highest BCUT2D eigenvalue weighted by Gasteiger charge is 2.29. The summed E-state index contributed by atoms with van der Waals surface area (Å²) in [7, 11) is 0. The molecular weight excluding hydrogens is 983 g/mol. The molecule has 4 heterocycles. The van der Waals surface area contributed by atoms with Gasteiger partial charge in [0, 0.05) is 54.8 Å². The minimum Gasteiger partial charge on any atom is -0.333 e. The Morgan fingerprint density at radius 3 is 1.32 bits per heavy atom. The van der Waals surface area contributed by atoms with Crippen LogP contribution in [0.3, 0.4) is 0 Å². The molecule has 0 fully saturated rings. The lowest BCUT2D eigenvalue weighted by molar-refractivity contribution is 0.636. The van der Waals surface area contributed by atoms with Gasteiger partial charge in [-0.2, -0.15) is 0 Å². The Morgan fingerprint density at radius 2 is 0.815 bits per heavy atom. The number of hydrogen-bond acceptors (Lipinski definition) is 2. The van der Waals surface area contributed by atoms with Gasteiger partial charge in [-0.1, -0.05) is 200 Å². The fourth-order valence-corrected chi connectivity index (χ4v) is 13.0. The number of fused-ring (bicyclic) bond motifs is 9. The Bertz CT molecular complexity index is 4710. The maximum absolute atomic E-state index is 5.48. The van der Waals surface area contributed by atoms with Crippen molar-refractivity contribution in [2.24, 2.45) is 0 Å². The van der Waals surface area contributed by atoms with Crippen molar-refractivity contribution in [1.82, 2.24) is 23.7 Å². The molecular formula is C76H53N5. The summed E-state index contributed by atoms with van der Waals surface area (Å²) >= 11 is 0. The molecule has 5 nitrogen and oxygen atoms in total. The van der Waals surface area contributed by atoms with Crippen LogP contribution in [0.2, 0.25) is 0 Å². The van der Waals surface area contributed by atoms with E-state index in [0.29, 0.717) is 5.95 Å². The molecule has 5 heteroatoms. The van der Waals surface area contributed by atoms with E-state index in [4.69, 9.17) is 9.97 Å². The van der Waals surface area contributed by atoms with Crippen molar-refractivity contribution in [3.05, 3.63) is 290 Å². The Hall–Kier alpha value is -10.4. The Balaban J connectivity index is 0.926. The van der Waals surface area contributed by atoms with E-state index < -0.39 is 0 Å². The fraction of sp³-hybridized carbons (Fsp3) is 0.0526. The summed E-state index contributed by atoms with van der Waals surface area (Å²) in [6.45, 7) is 0. The van der Waals surface area contributed by atoms with Gasteiger partial charge in [-0.15, -0.1) is 0 Å². The molecule has 10 aromatic carbocycles. The van der Waals surface area contributed by atoms with Crippen LogP contribution in [0.15, 0.2) is 273 Å². The number of rotatable bonds is 9. The van der Waals surface area contributed by atoms with Crippen molar-refractivity contribution in [3.63, 3.8) is 0 Å². The molecule has 1 unspecified atom stereocenters. The van der Waals surface area contributed by atoms with E-state index in [1.807, 2.05) is 0 Å². The Kier molecular flexibility index (Phi) is 11.1. The van der Waals surface area contributed by atoms with Gasteiger partial charge in [0.2, 0.25) is 5.95 Å². The van der Waals surface area contributed by atoms with E-state index in [1.165, 1.54) is 88.0 Å². The topological polar surface area (TPSA) is 40.6 Å². The molecule has 14 aromatic rings. The van der Waals surface area contributed by atoms with E-state index in [2.05, 4.69) is 293 Å². The largest absolute Gasteiger partial charge is 0.333 e. The summed E-state index contributed by atoms with van der Waals surface area (Å²) in [4.78, 5) is 11.0. The van der Waals surface area contributed by atoms with Gasteiger partial charge >= 0.3 is 0 Å². The molecule has 0 saturated heterocycles. The normalized spacial score (nSPS) is 14.1. The first-order valence-electron chi connectivity index (χ1n) is 28.2. The molecule has 0 N–H and O–H groups in total. The van der Waals surface area contributed by atoms with Crippen LogP contribution in [-0.2, 0) is 6.42 Å². The second-order valence-corrected chi connectivity index (χ2v) is 21.6. The minimum atomic E-state index is 0.00275. The molecule has 0 aliphatic heterocycles. The smallest absolute Gasteiger partial charge is 0.235 e. The highest BCUT2D eigenvalue weighted by atomic mass is 15.2. The molecule has 0 radical (unpaired) electrons. The monoisotopic (exact) mass is 1040 g/mol. The third-order valence-corrected chi connectivity index (χ3v) is 16.9. The number of benzene rings is 10. The number of aromatic nitrogens is 5. The second kappa shape index (κ2) is 19.2. The van der Waals surface area contributed by atoms with Gasteiger partial charge in [0.05, 0.1) is 39.7 Å². The Morgan fingerprint density at radius 1 is 0.370 bits per heavy atom. The van der Waals surface area contributed by atoms with Crippen molar-refractivity contribution < 1.29 is 0 Å². The SMILES string of the molecule is C1=CCCC(c2ccc3c(c2)c2cc(-c4ccccc4)ccc2n3C2C=Cc3c(c4cc(-n5c6ccc(-c7ccccc7)cc6c6cc(-c7ccccc7)ccc65)ccc4n3-c3nc(-c4ccccc4)cc(-c4ccccc4)n3)C2)=C1. The first kappa shape index (κ1) is 46.7. The van der Waals surface area contributed by atoms with Gasteiger partial charge in [-0.05, 0) is 148 Å². The van der Waals surface area contributed by atoms with E-state index >= 15 is 0 Å². The molecule has 0 bridgehead atoms. The van der Waals surface area contributed by atoms with Gasteiger partial charge in [0.1, 0.15) is 0 Å². The van der Waals surface area contributed by atoms with Crippen LogP contribution in [0.4, 0.5) is 0 Å². The van der Waals surface area contributed by atoms with E-state index in [-0.39, 0.29) is 6.04 Å². The van der Waals surface area contributed by atoms with Gasteiger partial charge < -0.3 is 9.13 Å². The summed E-state index contributed by atoms with van der Waals surface area (Å²) in [5.74, 6) is 0.640. The lowest BCUT2D eigenvalue weighted by Crippen LogP contribution is -2.14. The summed E-state index contributed by atoms with van der Waals surface area (Å²) < 4.78 is 7.40. The first-order chi connectivity index (χ1) is 40.1. The second-order valence-electron chi connectivity index (χ2n) is 21.6. The number of hydrogen-bond donors (Lipinski definition) is 0. The third-order valence-electron chi connectivity index (χ3n) is 16.9. The summed E-state index contributed by atoms with van der Waals surface area (Å²) in [5, 5.41) is 6.15. The van der Waals surface area contributed by atoms with Crippen LogP contribution in [0, 0.1) is 0 Å². The maximum atomic E-state index is 5.48. The standard InChI is InChI=1S/C76H53N5/c1-7-19-50(20-8-1)56-31-37-70-62(43-56)63-44-57(51-21-9-2-10-22-51)32-38-71(63)79(70)60-35-41-74-66(47-60)67-48-61(36-42-75(67)81(74)76-77-68(54-27-15-5-16-28-54)49-69(78-76)55-29-17-6-18-30-55)80-72-39-33-58(52-23-11-3-12-24-52)45-64(72)65-46-59(34-40-73(65)80)53-25-13-4-14-26-53/h1-13,15-25,27-47,49,61H,14,26,48H2. The molecule has 1 atom stereocenters. The zero-order valence-electron chi connectivity index (χ0n) is 44.5. The predicted molar refractivity (Wildman–Crippen MR) is 338 cm³/mol. The zero-order chi connectivity index (χ0) is 53.4. The lowest BCUT2D eigenvalue weighted by atomic mass is 9.95. The van der Waals surface area contributed by atoms with E-state index in [1.54, 1.807) is 0 Å². The van der Waals surface area contributed by atoms with E-state index in [9.17, 15) is 0 Å². The van der Waals surface area contributed by atoms with Gasteiger partial charge in [-0.25, -0.2) is 9.97 Å². The first-order valence-corrected chi connectivity index (χ1v) is 28.2. The molecule has 81 heavy (non-hydrogen) atoms. The molecule has 0 spiro atoms. The molecule has 0 amide bonds. The van der Waals surface area contributed by atoms with Crippen molar-refractivity contribution in [2.75, 3.05) is 0 Å². The van der Waals surface area contributed by atoms with Crippen LogP contribution < -0.4 is 0 Å². The molecule has 0 saturated carbocycles. The van der Waals surface area contributed by atoms with Crippen molar-refractivity contribution in [2.45, 2.75) is 25.3 Å². The lowest BCUT2D eigenvalue weighted by Gasteiger charge is -2.23. The highest BCUT2D eigenvalue weighted by Crippen LogP contribution is 2.45. The average molecular weight is 1040 g/mol. The van der Waals surface area contributed by atoms with Gasteiger partial charge in [-0.3, -0.25) is 4.57 Å². The quantitative estimate of drug-likeness (QED) is 0.145. The van der Waals surface area contributed by atoms with Crippen molar-refractivity contribution in [1.29, 1.82) is 0 Å². The summed E-state index contributed by atoms with van der Waals surface area (Å²) in [6, 6.07) is 90.6. The van der Waals surface area contributed by atoms with Crippen molar-refractivity contribution in [3.8, 4) is 67.5 Å². The fourth-order valence-electron chi connectivity index (χ4n) is 13.0.